The Morgan fingerprint density at radius 3 is 2.70 bits per heavy atom. The van der Waals surface area contributed by atoms with Gasteiger partial charge in [0.15, 0.2) is 5.96 Å². The number of hydrogen-bond donors (Lipinski definition) is 1. The van der Waals surface area contributed by atoms with Gasteiger partial charge in [0.2, 0.25) is 0 Å². The van der Waals surface area contributed by atoms with Crippen molar-refractivity contribution in [3.05, 3.63) is 52.6 Å². The lowest BCUT2D eigenvalue weighted by Gasteiger charge is -2.36. The van der Waals surface area contributed by atoms with Crippen LogP contribution in [0.2, 0.25) is 5.02 Å². The lowest BCUT2D eigenvalue weighted by Crippen LogP contribution is -2.52. The lowest BCUT2D eigenvalue weighted by atomic mass is 10.2. The van der Waals surface area contributed by atoms with E-state index in [9.17, 15) is 4.39 Å². The minimum absolute atomic E-state index is 0. The number of hydrogen-bond acceptors (Lipinski definition) is 4. The Morgan fingerprint density at radius 1 is 1.30 bits per heavy atom. The minimum atomic E-state index is -0.248. The van der Waals surface area contributed by atoms with Crippen LogP contribution >= 0.6 is 35.6 Å². The molecule has 0 amide bonds. The third-order valence-electron chi connectivity index (χ3n) is 4.33. The number of benzene rings is 1. The molecular weight excluding hydrogens is 484 g/mol. The van der Waals surface area contributed by atoms with Crippen LogP contribution in [0.15, 0.2) is 40.0 Å². The van der Waals surface area contributed by atoms with Crippen molar-refractivity contribution in [1.29, 1.82) is 0 Å². The van der Waals surface area contributed by atoms with Crippen LogP contribution in [-0.2, 0) is 13.1 Å². The highest BCUT2D eigenvalue weighted by molar-refractivity contribution is 14.0. The summed E-state index contributed by atoms with van der Waals surface area (Å²) in [6, 6.07) is 6.63. The molecule has 9 heteroatoms. The molecule has 2 heterocycles. The van der Waals surface area contributed by atoms with E-state index in [4.69, 9.17) is 16.1 Å². The molecule has 1 aliphatic rings. The first-order chi connectivity index (χ1) is 12.7. The van der Waals surface area contributed by atoms with Gasteiger partial charge in [-0.3, -0.25) is 4.90 Å². The van der Waals surface area contributed by atoms with Crippen molar-refractivity contribution in [2.24, 2.45) is 4.99 Å². The second-order valence-corrected chi connectivity index (χ2v) is 6.53. The van der Waals surface area contributed by atoms with E-state index in [-0.39, 0.29) is 29.8 Å². The molecule has 0 unspecified atom stereocenters. The third kappa shape index (κ3) is 6.05. The predicted molar refractivity (Wildman–Crippen MR) is 115 cm³/mol. The van der Waals surface area contributed by atoms with Gasteiger partial charge >= 0.3 is 0 Å². The first kappa shape index (κ1) is 21.9. The molecule has 1 aromatic carbocycles. The first-order valence-corrected chi connectivity index (χ1v) is 9.13. The minimum Gasteiger partial charge on any atom is -0.364 e. The molecule has 1 N–H and O–H groups in total. The molecule has 27 heavy (non-hydrogen) atoms. The molecule has 0 saturated carbocycles. The number of piperazine rings is 1. The van der Waals surface area contributed by atoms with Gasteiger partial charge in [-0.25, -0.2) is 9.38 Å². The van der Waals surface area contributed by atoms with E-state index in [2.05, 4.69) is 25.3 Å². The van der Waals surface area contributed by atoms with E-state index in [1.54, 1.807) is 18.4 Å². The van der Waals surface area contributed by atoms with Crippen LogP contribution in [0.5, 0.6) is 0 Å². The van der Waals surface area contributed by atoms with Gasteiger partial charge in [-0.15, -0.1) is 24.0 Å². The maximum Gasteiger partial charge on any atom is 0.194 e. The maximum absolute atomic E-state index is 14.0. The van der Waals surface area contributed by atoms with Crippen molar-refractivity contribution in [3.8, 4) is 0 Å². The second kappa shape index (κ2) is 10.8. The summed E-state index contributed by atoms with van der Waals surface area (Å²) in [5.74, 6) is 0.613. The van der Waals surface area contributed by atoms with Gasteiger partial charge in [0.1, 0.15) is 17.8 Å². The molecule has 0 atom stereocenters. The number of aliphatic imine (C=N–C) groups is 1. The molecule has 148 valence electrons. The summed E-state index contributed by atoms with van der Waals surface area (Å²) in [4.78, 5) is 9.05. The predicted octanol–water partition coefficient (Wildman–Crippen LogP) is 3.37. The molecule has 6 nitrogen and oxygen atoms in total. The summed E-state index contributed by atoms with van der Waals surface area (Å²) >= 11 is 6.14. The van der Waals surface area contributed by atoms with Gasteiger partial charge in [-0.1, -0.05) is 22.8 Å². The summed E-state index contributed by atoms with van der Waals surface area (Å²) in [5, 5.41) is 7.68. The average molecular weight is 508 g/mol. The number of nitrogens with one attached hydrogen (secondary N) is 1. The van der Waals surface area contributed by atoms with Crippen LogP contribution in [0.4, 0.5) is 4.39 Å². The van der Waals surface area contributed by atoms with E-state index in [1.807, 2.05) is 13.0 Å². The SMILES string of the molecule is CCNC(=NCc1ccon1)N1CCN(Cc2c(F)cccc2Cl)CC1.I. The van der Waals surface area contributed by atoms with Gasteiger partial charge in [0, 0.05) is 55.9 Å². The van der Waals surface area contributed by atoms with Crippen LogP contribution in [0.1, 0.15) is 18.2 Å². The Balaban J connectivity index is 0.00000261. The fourth-order valence-electron chi connectivity index (χ4n) is 2.93. The first-order valence-electron chi connectivity index (χ1n) is 8.75. The fourth-order valence-corrected chi connectivity index (χ4v) is 3.15. The number of rotatable bonds is 5. The van der Waals surface area contributed by atoms with E-state index < -0.39 is 0 Å². The Kier molecular flexibility index (Phi) is 8.78. The Hall–Kier alpha value is -1.39. The normalized spacial score (nSPS) is 15.5. The maximum atomic E-state index is 14.0. The highest BCUT2D eigenvalue weighted by atomic mass is 127. The summed E-state index contributed by atoms with van der Waals surface area (Å²) in [6.07, 6.45) is 1.55. The Labute approximate surface area is 180 Å². The van der Waals surface area contributed by atoms with E-state index >= 15 is 0 Å². The van der Waals surface area contributed by atoms with Crippen molar-refractivity contribution >= 4 is 41.5 Å². The number of halogens is 3. The average Bonchev–Trinajstić information content (AvgIpc) is 3.16. The molecule has 1 aromatic heterocycles. The third-order valence-corrected chi connectivity index (χ3v) is 4.69. The van der Waals surface area contributed by atoms with Crippen molar-refractivity contribution < 1.29 is 8.91 Å². The van der Waals surface area contributed by atoms with Crippen molar-refractivity contribution in [3.63, 3.8) is 0 Å². The zero-order valence-electron chi connectivity index (χ0n) is 15.2. The molecule has 2 aromatic rings. The number of aromatic nitrogens is 1. The van der Waals surface area contributed by atoms with Crippen molar-refractivity contribution in [2.75, 3.05) is 32.7 Å². The lowest BCUT2D eigenvalue weighted by molar-refractivity contribution is 0.171. The summed E-state index contributed by atoms with van der Waals surface area (Å²) in [7, 11) is 0. The molecule has 1 aliphatic heterocycles. The number of guanidine groups is 1. The molecule has 0 spiro atoms. The quantitative estimate of drug-likeness (QED) is 0.382. The molecule has 0 bridgehead atoms. The molecule has 1 saturated heterocycles. The van der Waals surface area contributed by atoms with Gasteiger partial charge in [0.25, 0.3) is 0 Å². The van der Waals surface area contributed by atoms with Gasteiger partial charge in [0.05, 0.1) is 6.54 Å². The van der Waals surface area contributed by atoms with Crippen LogP contribution in [0.3, 0.4) is 0 Å². The summed E-state index contributed by atoms with van der Waals surface area (Å²) < 4.78 is 18.8. The molecule has 0 aliphatic carbocycles. The van der Waals surface area contributed by atoms with Crippen LogP contribution in [0, 0.1) is 5.82 Å². The molecule has 0 radical (unpaired) electrons. The van der Waals surface area contributed by atoms with Crippen molar-refractivity contribution in [2.45, 2.75) is 20.0 Å². The highest BCUT2D eigenvalue weighted by Gasteiger charge is 2.21. The zero-order chi connectivity index (χ0) is 18.4. The van der Waals surface area contributed by atoms with Crippen molar-refractivity contribution in [1.82, 2.24) is 20.3 Å². The second-order valence-electron chi connectivity index (χ2n) is 6.12. The monoisotopic (exact) mass is 507 g/mol. The standard InChI is InChI=1S/C18H23ClFN5O.HI/c1-2-21-18(22-12-14-6-11-26-23-14)25-9-7-24(8-10-25)13-15-16(19)4-3-5-17(15)20;/h3-6,11H,2,7-10,12-13H2,1H3,(H,21,22);1H. The van der Waals surface area contributed by atoms with E-state index in [1.165, 1.54) is 6.07 Å². The van der Waals surface area contributed by atoms with Crippen LogP contribution in [0.25, 0.3) is 0 Å². The van der Waals surface area contributed by atoms with E-state index in [0.29, 0.717) is 23.7 Å². The summed E-state index contributed by atoms with van der Waals surface area (Å²) in [5.41, 5.74) is 1.36. The number of nitrogens with zero attached hydrogens (tertiary/aromatic N) is 4. The highest BCUT2D eigenvalue weighted by Crippen LogP contribution is 2.21. The summed E-state index contributed by atoms with van der Waals surface area (Å²) in [6.45, 7) is 7.10. The Morgan fingerprint density at radius 2 is 2.07 bits per heavy atom. The Bertz CT molecular complexity index is 715. The zero-order valence-corrected chi connectivity index (χ0v) is 18.3. The van der Waals surface area contributed by atoms with Gasteiger partial charge in [-0.2, -0.15) is 0 Å². The molecule has 1 fully saturated rings. The topological polar surface area (TPSA) is 56.9 Å². The van der Waals surface area contributed by atoms with Crippen LogP contribution in [-0.4, -0.2) is 53.6 Å². The van der Waals surface area contributed by atoms with Gasteiger partial charge < -0.3 is 14.7 Å². The fraction of sp³-hybridized carbons (Fsp3) is 0.444. The smallest absolute Gasteiger partial charge is 0.194 e. The van der Waals surface area contributed by atoms with Gasteiger partial charge in [-0.05, 0) is 19.1 Å². The largest absolute Gasteiger partial charge is 0.364 e. The van der Waals surface area contributed by atoms with E-state index in [0.717, 1.165) is 44.4 Å². The van der Waals surface area contributed by atoms with Crippen LogP contribution < -0.4 is 5.32 Å². The molecule has 3 rings (SSSR count). The molecular formula is C18H24ClFIN5O.